The number of rotatable bonds is 8. The van der Waals surface area contributed by atoms with Crippen LogP contribution in [0.1, 0.15) is 42.1 Å². The first kappa shape index (κ1) is 20.7. The van der Waals surface area contributed by atoms with E-state index in [1.165, 1.54) is 0 Å². The molecule has 30 heavy (non-hydrogen) atoms. The van der Waals surface area contributed by atoms with E-state index in [4.69, 9.17) is 22.1 Å². The second-order valence-corrected chi connectivity index (χ2v) is 8.80. The van der Waals surface area contributed by atoms with Crippen molar-refractivity contribution in [3.63, 3.8) is 0 Å². The van der Waals surface area contributed by atoms with E-state index in [0.29, 0.717) is 28.3 Å². The second kappa shape index (κ2) is 8.68. The van der Waals surface area contributed by atoms with Crippen molar-refractivity contribution < 1.29 is 14.3 Å². The van der Waals surface area contributed by atoms with Crippen LogP contribution in [-0.2, 0) is 11.2 Å². The van der Waals surface area contributed by atoms with Gasteiger partial charge in [0.05, 0.1) is 12.5 Å². The number of nitrogens with one attached hydrogen (secondary N) is 1. The van der Waals surface area contributed by atoms with E-state index in [1.54, 1.807) is 24.3 Å². The second-order valence-electron chi connectivity index (χ2n) is 8.36. The molecule has 0 saturated heterocycles. The van der Waals surface area contributed by atoms with Crippen LogP contribution in [-0.4, -0.2) is 24.0 Å². The van der Waals surface area contributed by atoms with Gasteiger partial charge in [0.15, 0.2) is 0 Å². The Hall–Kier alpha value is -2.53. The Labute approximate surface area is 181 Å². The molecule has 6 heteroatoms. The molecule has 2 aliphatic rings. The summed E-state index contributed by atoms with van der Waals surface area (Å²) in [5.74, 6) is 2.01. The molecule has 2 aromatic rings. The highest BCUT2D eigenvalue weighted by atomic mass is 35.5. The van der Waals surface area contributed by atoms with Crippen LogP contribution in [0.15, 0.2) is 48.5 Å². The lowest BCUT2D eigenvalue weighted by molar-refractivity contribution is -0.117. The number of nitrogens with two attached hydrogens (primary N) is 1. The Kier molecular flexibility index (Phi) is 6.00. The third-order valence-corrected chi connectivity index (χ3v) is 6.68. The van der Waals surface area contributed by atoms with E-state index in [1.807, 2.05) is 24.3 Å². The van der Waals surface area contributed by atoms with Gasteiger partial charge < -0.3 is 15.8 Å². The van der Waals surface area contributed by atoms with Crippen LogP contribution in [0.4, 0.5) is 0 Å². The maximum Gasteiger partial charge on any atom is 0.251 e. The number of hydrogen-bond donors (Lipinski definition) is 2. The molecule has 0 spiro atoms. The third kappa shape index (κ3) is 4.46. The maximum absolute atomic E-state index is 12.6. The molecule has 4 rings (SSSR count). The summed E-state index contributed by atoms with van der Waals surface area (Å²) in [6.45, 7) is 2.12. The van der Waals surface area contributed by atoms with E-state index < -0.39 is 0 Å². The highest BCUT2D eigenvalue weighted by molar-refractivity contribution is 6.30. The first-order valence-corrected chi connectivity index (χ1v) is 10.9. The molecule has 0 unspecified atom stereocenters. The Morgan fingerprint density at radius 1 is 1.13 bits per heavy atom. The lowest BCUT2D eigenvalue weighted by Gasteiger charge is -2.23. The van der Waals surface area contributed by atoms with Crippen LogP contribution >= 0.6 is 11.6 Å². The summed E-state index contributed by atoms with van der Waals surface area (Å²) in [4.78, 5) is 23.9. The minimum absolute atomic E-state index is 0.0448. The van der Waals surface area contributed by atoms with Crippen molar-refractivity contribution in [1.29, 1.82) is 0 Å². The van der Waals surface area contributed by atoms with Crippen LogP contribution in [0.25, 0.3) is 0 Å². The zero-order valence-corrected chi connectivity index (χ0v) is 17.8. The van der Waals surface area contributed by atoms with E-state index in [9.17, 15) is 9.59 Å². The van der Waals surface area contributed by atoms with Gasteiger partial charge in [-0.05, 0) is 67.3 Å². The number of benzene rings is 2. The minimum atomic E-state index is -0.359. The molecule has 3 atom stereocenters. The lowest BCUT2D eigenvalue weighted by Crippen LogP contribution is -2.37. The zero-order valence-electron chi connectivity index (χ0n) is 17.0. The fraction of sp³-hybridized carbons (Fsp3) is 0.417. The van der Waals surface area contributed by atoms with Gasteiger partial charge in [0, 0.05) is 22.2 Å². The highest BCUT2D eigenvalue weighted by Crippen LogP contribution is 2.60. The number of carbonyl (C=O) groups excluding carboxylic acids is 2. The molecule has 0 aliphatic heterocycles. The number of fused-ring (bicyclic) bond motifs is 1. The first-order valence-electron chi connectivity index (χ1n) is 10.6. The zero-order chi connectivity index (χ0) is 21.3. The smallest absolute Gasteiger partial charge is 0.251 e. The molecule has 0 radical (unpaired) electrons. The summed E-state index contributed by atoms with van der Waals surface area (Å²) >= 11 is 5.91. The van der Waals surface area contributed by atoms with Crippen LogP contribution in [0, 0.1) is 17.8 Å². The maximum atomic E-state index is 12.6. The molecule has 2 fully saturated rings. The molecular formula is C24H27ClN2O3. The fourth-order valence-electron chi connectivity index (χ4n) is 4.99. The van der Waals surface area contributed by atoms with Crippen LogP contribution < -0.4 is 15.8 Å². The van der Waals surface area contributed by atoms with Gasteiger partial charge in [-0.2, -0.15) is 0 Å². The van der Waals surface area contributed by atoms with Gasteiger partial charge >= 0.3 is 0 Å². The number of para-hydroxylation sites is 1. The summed E-state index contributed by atoms with van der Waals surface area (Å²) in [5, 5.41) is 3.84. The summed E-state index contributed by atoms with van der Waals surface area (Å²) in [5.41, 5.74) is 6.82. The normalized spacial score (nSPS) is 23.5. The van der Waals surface area contributed by atoms with E-state index >= 15 is 0 Å². The molecule has 0 aromatic heterocycles. The Morgan fingerprint density at radius 2 is 1.80 bits per heavy atom. The number of amides is 2. The molecule has 2 aliphatic carbocycles. The molecule has 2 amide bonds. The van der Waals surface area contributed by atoms with Gasteiger partial charge in [-0.15, -0.1) is 0 Å². The van der Waals surface area contributed by atoms with Gasteiger partial charge in [0.25, 0.3) is 5.91 Å². The number of primary amides is 1. The van der Waals surface area contributed by atoms with Crippen molar-refractivity contribution in [1.82, 2.24) is 5.32 Å². The van der Waals surface area contributed by atoms with Gasteiger partial charge in [-0.3, -0.25) is 9.59 Å². The molecule has 158 valence electrons. The monoisotopic (exact) mass is 426 g/mol. The van der Waals surface area contributed by atoms with E-state index in [0.717, 1.165) is 30.6 Å². The van der Waals surface area contributed by atoms with Crippen LogP contribution in [0.2, 0.25) is 5.02 Å². The SMILES string of the molecule is CC[C@H](NC(=O)c1ccc(Cl)cc1)C1[C@H]2CC(Oc3ccccc3CC(N)=O)C[C@H]12. The van der Waals surface area contributed by atoms with Crippen molar-refractivity contribution in [3.8, 4) is 5.75 Å². The quantitative estimate of drug-likeness (QED) is 0.669. The summed E-state index contributed by atoms with van der Waals surface area (Å²) in [7, 11) is 0. The topological polar surface area (TPSA) is 81.4 Å². The standard InChI is InChI=1S/C24H27ClN2O3/c1-2-20(27-24(29)14-7-9-16(25)10-8-14)23-18-12-17(13-19(18)23)30-21-6-4-3-5-15(21)11-22(26)28/h3-10,17-20,23H,2,11-13H2,1H3,(H2,26,28)(H,27,29)/t17?,18-,19-,20-,23?/m0/s1. The number of ether oxygens (including phenoxy) is 1. The van der Waals surface area contributed by atoms with Gasteiger partial charge in [0.1, 0.15) is 5.75 Å². The van der Waals surface area contributed by atoms with Gasteiger partial charge in [-0.25, -0.2) is 0 Å². The summed E-state index contributed by atoms with van der Waals surface area (Å²) in [6, 6.07) is 14.8. The van der Waals surface area contributed by atoms with Crippen molar-refractivity contribution in [2.75, 3.05) is 0 Å². The van der Waals surface area contributed by atoms with E-state index in [2.05, 4.69) is 12.2 Å². The van der Waals surface area contributed by atoms with E-state index in [-0.39, 0.29) is 30.4 Å². The average Bonchev–Trinajstić information content (AvgIpc) is 3.21. The Balaban J connectivity index is 1.33. The summed E-state index contributed by atoms with van der Waals surface area (Å²) < 4.78 is 6.22. The largest absolute Gasteiger partial charge is 0.490 e. The van der Waals surface area contributed by atoms with Crippen molar-refractivity contribution in [3.05, 3.63) is 64.7 Å². The van der Waals surface area contributed by atoms with Gasteiger partial charge in [0.2, 0.25) is 5.91 Å². The van der Waals surface area contributed by atoms with Crippen LogP contribution in [0.3, 0.4) is 0 Å². The number of halogens is 1. The average molecular weight is 427 g/mol. The highest BCUT2D eigenvalue weighted by Gasteiger charge is 2.59. The molecule has 3 N–H and O–H groups in total. The van der Waals surface area contributed by atoms with Crippen LogP contribution in [0.5, 0.6) is 5.75 Å². The molecule has 5 nitrogen and oxygen atoms in total. The molecule has 0 heterocycles. The van der Waals surface area contributed by atoms with Crippen molar-refractivity contribution in [2.24, 2.45) is 23.5 Å². The van der Waals surface area contributed by atoms with Crippen molar-refractivity contribution in [2.45, 2.75) is 44.8 Å². The fourth-order valence-corrected chi connectivity index (χ4v) is 5.12. The lowest BCUT2D eigenvalue weighted by atomic mass is 10.00. The first-order chi connectivity index (χ1) is 14.5. The predicted octanol–water partition coefficient (Wildman–Crippen LogP) is 3.98. The molecular weight excluding hydrogens is 400 g/mol. The molecule has 0 bridgehead atoms. The third-order valence-electron chi connectivity index (χ3n) is 6.43. The van der Waals surface area contributed by atoms with Crippen molar-refractivity contribution >= 4 is 23.4 Å². The Morgan fingerprint density at radius 3 is 2.43 bits per heavy atom. The number of carbonyl (C=O) groups is 2. The number of hydrogen-bond acceptors (Lipinski definition) is 3. The molecule has 2 saturated carbocycles. The van der Waals surface area contributed by atoms with Gasteiger partial charge in [-0.1, -0.05) is 36.7 Å². The molecule has 2 aromatic carbocycles. The summed E-state index contributed by atoms with van der Waals surface area (Å²) in [6.07, 6.45) is 3.20. The minimum Gasteiger partial charge on any atom is -0.490 e. The Bertz CT molecular complexity index is 918. The predicted molar refractivity (Wildman–Crippen MR) is 116 cm³/mol.